The summed E-state index contributed by atoms with van der Waals surface area (Å²) in [6, 6.07) is 24.1. The first kappa shape index (κ1) is 23.6. The molecular weight excluding hydrogens is 427 g/mol. The summed E-state index contributed by atoms with van der Waals surface area (Å²) in [5.74, 6) is -0.820. The number of hydrogen-bond donors (Lipinski definition) is 0. The highest BCUT2D eigenvalue weighted by Gasteiger charge is 2.32. The molecule has 3 aromatic rings. The lowest BCUT2D eigenvalue weighted by molar-refractivity contribution is -0.147. The minimum atomic E-state index is -3.05. The molecule has 0 heterocycles. The molecule has 0 bridgehead atoms. The van der Waals surface area contributed by atoms with Gasteiger partial charge in [-0.25, -0.2) is 0 Å². The van der Waals surface area contributed by atoms with Crippen molar-refractivity contribution < 1.29 is 18.6 Å². The Bertz CT molecular complexity index is 1040. The van der Waals surface area contributed by atoms with Gasteiger partial charge in [0, 0.05) is 11.1 Å². The number of benzene rings is 3. The van der Waals surface area contributed by atoms with Crippen LogP contribution in [-0.4, -0.2) is 30.8 Å². The first-order valence-corrected chi connectivity index (χ1v) is 13.6. The Morgan fingerprint density at radius 3 is 2.35 bits per heavy atom. The Hall–Kier alpha value is -2.07. The summed E-state index contributed by atoms with van der Waals surface area (Å²) in [6.45, 7) is 4.27. The number of carbonyl (C=O) groups excluding carboxylic acids is 1. The molecule has 0 amide bonds. The maximum atomic E-state index is 13.7. The smallest absolute Gasteiger partial charge is 0.309 e. The minimum Gasteiger partial charge on any atom is -0.466 e. The largest absolute Gasteiger partial charge is 0.466 e. The van der Waals surface area contributed by atoms with Crippen LogP contribution in [0.5, 0.6) is 0 Å². The van der Waals surface area contributed by atoms with Crippen LogP contribution in [0.3, 0.4) is 0 Å². The average Bonchev–Trinajstić information content (AvgIpc) is 2.78. The van der Waals surface area contributed by atoms with Crippen molar-refractivity contribution >= 4 is 35.9 Å². The summed E-state index contributed by atoms with van der Waals surface area (Å²) in [5, 5.41) is 2.32. The van der Waals surface area contributed by atoms with Crippen molar-refractivity contribution in [2.45, 2.75) is 25.2 Å². The fourth-order valence-corrected chi connectivity index (χ4v) is 7.53. The molecule has 4 nitrogen and oxygen atoms in total. The Labute approximate surface area is 188 Å². The maximum absolute atomic E-state index is 13.7. The molecule has 0 aliphatic heterocycles. The predicted molar refractivity (Wildman–Crippen MR) is 129 cm³/mol. The van der Waals surface area contributed by atoms with Crippen molar-refractivity contribution in [3.05, 3.63) is 78.4 Å². The van der Waals surface area contributed by atoms with Crippen LogP contribution < -0.4 is 0 Å². The molecule has 3 aromatic carbocycles. The van der Waals surface area contributed by atoms with E-state index in [2.05, 4.69) is 24.3 Å². The molecular formula is C25H29O4PS. The van der Waals surface area contributed by atoms with Crippen molar-refractivity contribution in [3.63, 3.8) is 0 Å². The van der Waals surface area contributed by atoms with Crippen molar-refractivity contribution in [1.29, 1.82) is 0 Å². The summed E-state index contributed by atoms with van der Waals surface area (Å²) < 4.78 is 24.8. The Kier molecular flexibility index (Phi) is 8.77. The molecule has 164 valence electrons. The number of thioether (sulfide) groups is 1. The van der Waals surface area contributed by atoms with E-state index in [9.17, 15) is 9.36 Å². The summed E-state index contributed by atoms with van der Waals surface area (Å²) in [4.78, 5) is 13.7. The molecule has 0 fully saturated rings. The zero-order valence-electron chi connectivity index (χ0n) is 18.0. The van der Waals surface area contributed by atoms with Gasteiger partial charge in [-0.1, -0.05) is 60.7 Å². The van der Waals surface area contributed by atoms with E-state index in [0.29, 0.717) is 25.1 Å². The number of fused-ring (bicyclic) bond motifs is 1. The molecule has 6 heteroatoms. The van der Waals surface area contributed by atoms with Gasteiger partial charge in [0.25, 0.3) is 0 Å². The summed E-state index contributed by atoms with van der Waals surface area (Å²) in [5.41, 5.74) is 1.34. The summed E-state index contributed by atoms with van der Waals surface area (Å²) in [6.07, 6.45) is 0.659. The van der Waals surface area contributed by atoms with Crippen molar-refractivity contribution in [1.82, 2.24) is 0 Å². The third kappa shape index (κ3) is 6.96. The third-order valence-electron chi connectivity index (χ3n) is 4.96. The second-order valence-corrected chi connectivity index (χ2v) is 11.4. The molecule has 2 atom stereocenters. The zero-order chi connectivity index (χ0) is 22.1. The van der Waals surface area contributed by atoms with Crippen LogP contribution >= 0.6 is 19.1 Å². The first-order valence-electron chi connectivity index (χ1n) is 10.6. The van der Waals surface area contributed by atoms with E-state index in [-0.39, 0.29) is 12.1 Å². The highest BCUT2D eigenvalue weighted by Crippen LogP contribution is 2.53. The van der Waals surface area contributed by atoms with E-state index in [0.717, 1.165) is 15.8 Å². The third-order valence-corrected chi connectivity index (χ3v) is 9.36. The molecule has 3 rings (SSSR count). The number of ether oxygens (including phenoxy) is 1. The van der Waals surface area contributed by atoms with Crippen LogP contribution in [0.25, 0.3) is 10.8 Å². The average molecular weight is 457 g/mol. The molecule has 31 heavy (non-hydrogen) atoms. The van der Waals surface area contributed by atoms with Crippen molar-refractivity contribution in [3.8, 4) is 0 Å². The Morgan fingerprint density at radius 2 is 1.65 bits per heavy atom. The molecule has 2 unspecified atom stereocenters. The predicted octanol–water partition coefficient (Wildman–Crippen LogP) is 6.63. The number of carbonyl (C=O) groups is 1. The highest BCUT2D eigenvalue weighted by atomic mass is 32.2. The number of rotatable bonds is 11. The molecule has 0 radical (unpaired) electrons. The van der Waals surface area contributed by atoms with Crippen LogP contribution in [0.4, 0.5) is 0 Å². The lowest BCUT2D eigenvalue weighted by Gasteiger charge is -2.23. The van der Waals surface area contributed by atoms with Gasteiger partial charge in [-0.2, -0.15) is 0 Å². The second kappa shape index (κ2) is 11.5. The van der Waals surface area contributed by atoms with Crippen molar-refractivity contribution in [2.75, 3.05) is 24.9 Å². The zero-order valence-corrected chi connectivity index (χ0v) is 19.7. The molecule has 0 N–H and O–H groups in total. The molecule has 0 aliphatic carbocycles. The molecule has 0 saturated carbocycles. The van der Waals surface area contributed by atoms with Gasteiger partial charge in [-0.15, -0.1) is 11.8 Å². The maximum Gasteiger partial charge on any atom is 0.309 e. The lowest BCUT2D eigenvalue weighted by Crippen LogP contribution is -2.24. The summed E-state index contributed by atoms with van der Waals surface area (Å²) >= 11 is 1.52. The molecule has 0 aliphatic rings. The number of esters is 1. The van der Waals surface area contributed by atoms with Gasteiger partial charge < -0.3 is 9.26 Å². The van der Waals surface area contributed by atoms with Crippen LogP contribution in [0, 0.1) is 5.92 Å². The standard InChI is InChI=1S/C25H29O4PS/c1-3-28-25(26)23(16-20-10-6-5-7-11-20)18-30(27,29-4-2)19-31-24-15-14-21-12-8-9-13-22(21)17-24/h5-15,17,23H,3-4,16,18-19H2,1-2H3. The topological polar surface area (TPSA) is 52.6 Å². The monoisotopic (exact) mass is 456 g/mol. The highest BCUT2D eigenvalue weighted by molar-refractivity contribution is 8.05. The second-order valence-electron chi connectivity index (χ2n) is 7.34. The van der Waals surface area contributed by atoms with Crippen LogP contribution in [0.1, 0.15) is 19.4 Å². The van der Waals surface area contributed by atoms with E-state index >= 15 is 0 Å². The van der Waals surface area contributed by atoms with Gasteiger partial charge in [0.15, 0.2) is 0 Å². The molecule has 0 saturated heterocycles. The Balaban J connectivity index is 1.75. The van der Waals surface area contributed by atoms with E-state index in [1.54, 1.807) is 6.92 Å². The van der Waals surface area contributed by atoms with Crippen LogP contribution in [-0.2, 0) is 25.0 Å². The van der Waals surface area contributed by atoms with Gasteiger partial charge >= 0.3 is 5.97 Å². The van der Waals surface area contributed by atoms with Gasteiger partial charge in [0.1, 0.15) is 0 Å². The van der Waals surface area contributed by atoms with Crippen LogP contribution in [0.15, 0.2) is 77.7 Å². The van der Waals surface area contributed by atoms with Gasteiger partial charge in [0.05, 0.1) is 24.6 Å². The minimum absolute atomic E-state index is 0.176. The molecule has 0 spiro atoms. The summed E-state index contributed by atoms with van der Waals surface area (Å²) in [7, 11) is -3.05. The van der Waals surface area contributed by atoms with E-state index in [1.165, 1.54) is 17.1 Å². The Morgan fingerprint density at radius 1 is 0.935 bits per heavy atom. The van der Waals surface area contributed by atoms with E-state index in [1.807, 2.05) is 55.5 Å². The van der Waals surface area contributed by atoms with Crippen LogP contribution in [0.2, 0.25) is 0 Å². The SMILES string of the molecule is CCOC(=O)C(Cc1ccccc1)CP(=O)(CSc1ccc2ccccc2c1)OCC. The van der Waals surface area contributed by atoms with Gasteiger partial charge in [0.2, 0.25) is 7.37 Å². The van der Waals surface area contributed by atoms with E-state index in [4.69, 9.17) is 9.26 Å². The van der Waals surface area contributed by atoms with Gasteiger partial charge in [-0.05, 0) is 48.7 Å². The fraction of sp³-hybridized carbons (Fsp3) is 0.320. The normalized spacial score (nSPS) is 14.1. The van der Waals surface area contributed by atoms with E-state index < -0.39 is 13.3 Å². The fourth-order valence-electron chi connectivity index (χ4n) is 3.52. The van der Waals surface area contributed by atoms with Crippen molar-refractivity contribution in [2.24, 2.45) is 5.92 Å². The number of hydrogen-bond acceptors (Lipinski definition) is 5. The quantitative estimate of drug-likeness (QED) is 0.184. The lowest BCUT2D eigenvalue weighted by atomic mass is 10.0. The first-order chi connectivity index (χ1) is 15.0. The molecule has 0 aromatic heterocycles. The van der Waals surface area contributed by atoms with Gasteiger partial charge in [-0.3, -0.25) is 9.36 Å².